The Kier molecular flexibility index (Phi) is 7.69. The lowest BCUT2D eigenvalue weighted by atomic mass is 9.78. The van der Waals surface area contributed by atoms with E-state index in [4.69, 9.17) is 4.74 Å². The number of nitrogens with zero attached hydrogens (tertiary/aromatic N) is 3. The van der Waals surface area contributed by atoms with E-state index in [2.05, 4.69) is 14.9 Å². The first-order valence-corrected chi connectivity index (χ1v) is 12.4. The minimum Gasteiger partial charge on any atom is -0.460 e. The number of fused-ring (bicyclic) bond motifs is 1. The zero-order valence-electron chi connectivity index (χ0n) is 18.9. The number of carbonyl (C=O) groups is 1. The molecular weight excluding hydrogens is 451 g/mol. The predicted molar refractivity (Wildman–Crippen MR) is 121 cm³/mol. The number of ketones is 1. The monoisotopic (exact) mass is 481 g/mol. The van der Waals surface area contributed by atoms with Crippen molar-refractivity contribution in [2.24, 2.45) is 11.8 Å². The molecule has 0 saturated heterocycles. The molecule has 4 rings (SSSR count). The molecule has 1 aliphatic carbocycles. The molecule has 0 amide bonds. The van der Waals surface area contributed by atoms with Crippen molar-refractivity contribution in [1.29, 1.82) is 0 Å². The van der Waals surface area contributed by atoms with E-state index in [9.17, 15) is 18.0 Å². The van der Waals surface area contributed by atoms with Crippen molar-refractivity contribution < 1.29 is 22.7 Å². The van der Waals surface area contributed by atoms with Crippen LogP contribution in [-0.2, 0) is 13.0 Å². The van der Waals surface area contributed by atoms with Crippen LogP contribution < -0.4 is 4.74 Å². The Balaban J connectivity index is 1.18. The van der Waals surface area contributed by atoms with Gasteiger partial charge in [0.1, 0.15) is 0 Å². The third-order valence-electron chi connectivity index (χ3n) is 6.75. The molecule has 180 valence electrons. The van der Waals surface area contributed by atoms with Crippen LogP contribution in [0.5, 0.6) is 5.19 Å². The molecule has 2 aromatic heterocycles. The van der Waals surface area contributed by atoms with Crippen LogP contribution in [0.1, 0.15) is 65.1 Å². The summed E-state index contributed by atoms with van der Waals surface area (Å²) in [5, 5.41) is 0.119. The summed E-state index contributed by atoms with van der Waals surface area (Å²) in [7, 11) is 0. The second kappa shape index (κ2) is 10.5. The molecule has 3 heterocycles. The molecule has 0 aromatic carbocycles. The second-order valence-corrected chi connectivity index (χ2v) is 10.3. The standard InChI is InChI=1S/C24H30F3N3O2S/c1-16-19(3-2-10-28-16)21(31)13-18-6-4-17(5-7-18)8-11-30-12-9-22-20(14-30)29-23(33-22)32-15-24(25,26)27/h2-3,10,17-18H,4-9,11-15H2,1H3. The molecule has 9 heteroatoms. The van der Waals surface area contributed by atoms with E-state index in [0.29, 0.717) is 24.8 Å². The summed E-state index contributed by atoms with van der Waals surface area (Å²) in [5.41, 5.74) is 2.41. The van der Waals surface area contributed by atoms with Crippen LogP contribution in [0.15, 0.2) is 18.3 Å². The summed E-state index contributed by atoms with van der Waals surface area (Å²) in [4.78, 5) is 24.5. The van der Waals surface area contributed by atoms with Gasteiger partial charge in [-0.2, -0.15) is 13.2 Å². The summed E-state index contributed by atoms with van der Waals surface area (Å²) in [6.45, 7) is 3.14. The van der Waals surface area contributed by atoms with Gasteiger partial charge < -0.3 is 4.74 Å². The fourth-order valence-corrected chi connectivity index (χ4v) is 5.77. The average molecular weight is 482 g/mol. The van der Waals surface area contributed by atoms with Crippen LogP contribution in [0.4, 0.5) is 13.2 Å². The molecule has 5 nitrogen and oxygen atoms in total. The van der Waals surface area contributed by atoms with E-state index in [-0.39, 0.29) is 11.0 Å². The van der Waals surface area contributed by atoms with Gasteiger partial charge in [-0.05, 0) is 63.1 Å². The van der Waals surface area contributed by atoms with Crippen LogP contribution in [0.2, 0.25) is 0 Å². The molecule has 0 radical (unpaired) electrons. The number of rotatable bonds is 8. The minimum atomic E-state index is -4.35. The maximum atomic E-state index is 12.6. The van der Waals surface area contributed by atoms with Crippen LogP contribution >= 0.6 is 11.3 Å². The highest BCUT2D eigenvalue weighted by Gasteiger charge is 2.30. The van der Waals surface area contributed by atoms with E-state index in [1.165, 1.54) is 11.3 Å². The summed E-state index contributed by atoms with van der Waals surface area (Å²) in [6.07, 6.45) is 4.38. The summed E-state index contributed by atoms with van der Waals surface area (Å²) >= 11 is 1.24. The highest BCUT2D eigenvalue weighted by atomic mass is 32.1. The molecule has 1 fully saturated rings. The Labute approximate surface area is 196 Å². The van der Waals surface area contributed by atoms with Gasteiger partial charge in [-0.3, -0.25) is 14.7 Å². The summed E-state index contributed by atoms with van der Waals surface area (Å²) in [6, 6.07) is 3.69. The molecule has 2 aliphatic rings. The van der Waals surface area contributed by atoms with Crippen molar-refractivity contribution in [1.82, 2.24) is 14.9 Å². The van der Waals surface area contributed by atoms with E-state index >= 15 is 0 Å². The van der Waals surface area contributed by atoms with E-state index in [1.807, 2.05) is 19.1 Å². The molecular formula is C24H30F3N3O2S. The fraction of sp³-hybridized carbons (Fsp3) is 0.625. The Morgan fingerprint density at radius 3 is 2.73 bits per heavy atom. The Morgan fingerprint density at radius 1 is 1.24 bits per heavy atom. The molecule has 0 unspecified atom stereocenters. The number of Topliss-reactive ketones (excluding diaryl/α,β-unsaturated/α-hetero) is 1. The first kappa shape index (κ1) is 24.1. The second-order valence-electron chi connectivity index (χ2n) is 9.22. The smallest absolute Gasteiger partial charge is 0.422 e. The van der Waals surface area contributed by atoms with Crippen LogP contribution in [-0.4, -0.2) is 46.5 Å². The van der Waals surface area contributed by atoms with Crippen LogP contribution in [0.3, 0.4) is 0 Å². The van der Waals surface area contributed by atoms with Crippen LogP contribution in [0, 0.1) is 18.8 Å². The normalized spacial score (nSPS) is 21.6. The number of aromatic nitrogens is 2. The number of hydrogen-bond donors (Lipinski definition) is 0. The van der Waals surface area contributed by atoms with Crippen molar-refractivity contribution in [2.45, 2.75) is 64.6 Å². The number of thiazole rings is 1. The average Bonchev–Trinajstić information content (AvgIpc) is 3.19. The van der Waals surface area contributed by atoms with E-state index in [1.54, 1.807) is 6.20 Å². The van der Waals surface area contributed by atoms with Crippen LogP contribution in [0.25, 0.3) is 0 Å². The Bertz CT molecular complexity index is 955. The molecule has 0 spiro atoms. The molecule has 2 aromatic rings. The molecule has 33 heavy (non-hydrogen) atoms. The number of alkyl halides is 3. The number of halogens is 3. The third kappa shape index (κ3) is 6.76. The van der Waals surface area contributed by atoms with Crippen molar-refractivity contribution >= 4 is 17.1 Å². The number of hydrogen-bond acceptors (Lipinski definition) is 6. The van der Waals surface area contributed by atoms with Gasteiger partial charge in [0.25, 0.3) is 5.19 Å². The third-order valence-corrected chi connectivity index (χ3v) is 7.82. The lowest BCUT2D eigenvalue weighted by Crippen LogP contribution is -2.32. The lowest BCUT2D eigenvalue weighted by molar-refractivity contribution is -0.153. The number of carbonyl (C=O) groups excluding carboxylic acids is 1. The SMILES string of the molecule is Cc1ncccc1C(=O)CC1CCC(CCN2CCc3sc(OCC(F)(F)F)nc3C2)CC1. The van der Waals surface area contributed by atoms with Crippen molar-refractivity contribution in [3.8, 4) is 5.19 Å². The fourth-order valence-electron chi connectivity index (χ4n) is 4.87. The van der Waals surface area contributed by atoms with E-state index < -0.39 is 12.8 Å². The van der Waals surface area contributed by atoms with Gasteiger partial charge in [-0.1, -0.05) is 24.2 Å². The molecule has 1 aliphatic heterocycles. The van der Waals surface area contributed by atoms with Gasteiger partial charge in [-0.15, -0.1) is 0 Å². The van der Waals surface area contributed by atoms with Gasteiger partial charge in [0, 0.05) is 41.8 Å². The first-order chi connectivity index (χ1) is 15.8. The molecule has 1 saturated carbocycles. The molecule has 0 bridgehead atoms. The first-order valence-electron chi connectivity index (χ1n) is 11.6. The van der Waals surface area contributed by atoms with Gasteiger partial charge in [-0.25, -0.2) is 4.98 Å². The number of pyridine rings is 1. The van der Waals surface area contributed by atoms with Crippen molar-refractivity contribution in [2.75, 3.05) is 19.7 Å². The van der Waals surface area contributed by atoms with Gasteiger partial charge >= 0.3 is 6.18 Å². The van der Waals surface area contributed by atoms with E-state index in [0.717, 1.165) is 73.4 Å². The summed E-state index contributed by atoms with van der Waals surface area (Å²) in [5.74, 6) is 1.32. The zero-order valence-corrected chi connectivity index (χ0v) is 19.7. The van der Waals surface area contributed by atoms with Gasteiger partial charge in [0.05, 0.1) is 5.69 Å². The zero-order chi connectivity index (χ0) is 23.4. The van der Waals surface area contributed by atoms with Gasteiger partial charge in [0.15, 0.2) is 12.4 Å². The Morgan fingerprint density at radius 2 is 2.00 bits per heavy atom. The maximum Gasteiger partial charge on any atom is 0.422 e. The maximum absolute atomic E-state index is 12.6. The topological polar surface area (TPSA) is 55.3 Å². The van der Waals surface area contributed by atoms with Gasteiger partial charge in [0.2, 0.25) is 0 Å². The Hall–Kier alpha value is -2.00. The quantitative estimate of drug-likeness (QED) is 0.459. The van der Waals surface area contributed by atoms with Crippen molar-refractivity contribution in [3.05, 3.63) is 40.2 Å². The highest BCUT2D eigenvalue weighted by molar-refractivity contribution is 7.13. The lowest BCUT2D eigenvalue weighted by Gasteiger charge is -2.31. The molecule has 0 atom stereocenters. The predicted octanol–water partition coefficient (Wildman–Crippen LogP) is 5.62. The van der Waals surface area contributed by atoms with Crippen molar-refractivity contribution in [3.63, 3.8) is 0 Å². The highest BCUT2D eigenvalue weighted by Crippen LogP contribution is 2.35. The summed E-state index contributed by atoms with van der Waals surface area (Å²) < 4.78 is 41.9. The number of ether oxygens (including phenoxy) is 1. The minimum absolute atomic E-state index is 0.119. The molecule has 0 N–H and O–H groups in total. The largest absolute Gasteiger partial charge is 0.460 e. The number of aryl methyl sites for hydroxylation is 1.